The fourth-order valence-electron chi connectivity index (χ4n) is 2.60. The first-order chi connectivity index (χ1) is 11.7. The van der Waals surface area contributed by atoms with Gasteiger partial charge in [-0.15, -0.1) is 12.4 Å². The number of benzene rings is 1. The van der Waals surface area contributed by atoms with Gasteiger partial charge in [-0.2, -0.15) is 0 Å². The number of carbonyl (C=O) groups excluding carboxylic acids is 2. The molecule has 1 fully saturated rings. The van der Waals surface area contributed by atoms with Crippen LogP contribution < -0.4 is 10.6 Å². The van der Waals surface area contributed by atoms with Crippen molar-refractivity contribution in [3.8, 4) is 11.3 Å². The quantitative estimate of drug-likeness (QED) is 0.778. The Morgan fingerprint density at radius 2 is 2.12 bits per heavy atom. The molecule has 6 nitrogen and oxygen atoms in total. The molecule has 0 bridgehead atoms. The molecular formula is C17H20ClN3O3S. The summed E-state index contributed by atoms with van der Waals surface area (Å²) in [4.78, 5) is 29.3. The number of rotatable bonds is 5. The molecule has 1 amide bonds. The fourth-order valence-corrected chi connectivity index (χ4v) is 3.49. The second-order valence-electron chi connectivity index (χ2n) is 5.42. The maximum absolute atomic E-state index is 12.2. The van der Waals surface area contributed by atoms with Crippen LogP contribution in [0, 0.1) is 0 Å². The third kappa shape index (κ3) is 4.56. The van der Waals surface area contributed by atoms with Crippen LogP contribution in [0.4, 0.5) is 5.13 Å². The second kappa shape index (κ2) is 8.94. The summed E-state index contributed by atoms with van der Waals surface area (Å²) in [5.74, 6) is -0.537. The van der Waals surface area contributed by atoms with Gasteiger partial charge < -0.3 is 15.4 Å². The van der Waals surface area contributed by atoms with Gasteiger partial charge in [0.2, 0.25) is 5.91 Å². The van der Waals surface area contributed by atoms with E-state index in [-0.39, 0.29) is 24.4 Å². The van der Waals surface area contributed by atoms with Crippen molar-refractivity contribution in [3.05, 3.63) is 35.2 Å². The molecule has 2 N–H and O–H groups in total. The lowest BCUT2D eigenvalue weighted by Gasteiger charge is -2.08. The highest BCUT2D eigenvalue weighted by Crippen LogP contribution is 2.32. The molecule has 0 saturated carbocycles. The van der Waals surface area contributed by atoms with E-state index in [1.165, 1.54) is 0 Å². The highest BCUT2D eigenvalue weighted by molar-refractivity contribution is 7.18. The predicted molar refractivity (Wildman–Crippen MR) is 100 cm³/mol. The van der Waals surface area contributed by atoms with Crippen molar-refractivity contribution in [2.45, 2.75) is 25.8 Å². The maximum Gasteiger partial charge on any atom is 0.350 e. The smallest absolute Gasteiger partial charge is 0.350 e. The van der Waals surface area contributed by atoms with Gasteiger partial charge in [0, 0.05) is 5.56 Å². The van der Waals surface area contributed by atoms with E-state index in [0.29, 0.717) is 22.3 Å². The Hall–Kier alpha value is -1.96. The zero-order chi connectivity index (χ0) is 16.9. The van der Waals surface area contributed by atoms with Gasteiger partial charge in [0.05, 0.1) is 18.3 Å². The van der Waals surface area contributed by atoms with Crippen LogP contribution in [0.2, 0.25) is 0 Å². The normalized spacial score (nSPS) is 16.1. The van der Waals surface area contributed by atoms with Gasteiger partial charge in [0.25, 0.3) is 0 Å². The third-order valence-electron chi connectivity index (χ3n) is 3.74. The summed E-state index contributed by atoms with van der Waals surface area (Å²) in [6, 6.07) is 9.22. The molecule has 1 aliphatic rings. The van der Waals surface area contributed by atoms with Crippen molar-refractivity contribution in [1.29, 1.82) is 0 Å². The first-order valence-corrected chi connectivity index (χ1v) is 8.78. The van der Waals surface area contributed by atoms with E-state index in [4.69, 9.17) is 4.74 Å². The molecular weight excluding hydrogens is 362 g/mol. The van der Waals surface area contributed by atoms with Crippen LogP contribution in [0.1, 0.15) is 29.4 Å². The number of aromatic nitrogens is 1. The Balaban J connectivity index is 0.00000225. The Labute approximate surface area is 156 Å². The Morgan fingerprint density at radius 1 is 1.36 bits per heavy atom. The zero-order valence-corrected chi connectivity index (χ0v) is 15.4. The van der Waals surface area contributed by atoms with E-state index >= 15 is 0 Å². The van der Waals surface area contributed by atoms with Crippen LogP contribution in [0.3, 0.4) is 0 Å². The van der Waals surface area contributed by atoms with Crippen LogP contribution >= 0.6 is 23.7 Å². The van der Waals surface area contributed by atoms with Gasteiger partial charge in [0.1, 0.15) is 4.88 Å². The van der Waals surface area contributed by atoms with Gasteiger partial charge in [-0.3, -0.25) is 4.79 Å². The Morgan fingerprint density at radius 3 is 2.76 bits per heavy atom. The van der Waals surface area contributed by atoms with E-state index in [1.54, 1.807) is 6.92 Å². The molecule has 8 heteroatoms. The number of ether oxygens (including phenoxy) is 1. The van der Waals surface area contributed by atoms with Crippen molar-refractivity contribution in [1.82, 2.24) is 10.3 Å². The van der Waals surface area contributed by atoms with Gasteiger partial charge in [-0.05, 0) is 26.3 Å². The van der Waals surface area contributed by atoms with E-state index in [1.807, 2.05) is 30.3 Å². The number of hydrogen-bond donors (Lipinski definition) is 2. The number of esters is 1. The molecule has 1 atom stereocenters. The molecule has 2 heterocycles. The summed E-state index contributed by atoms with van der Waals surface area (Å²) in [6.07, 6.45) is 1.80. The molecule has 0 radical (unpaired) electrons. The van der Waals surface area contributed by atoms with Crippen molar-refractivity contribution in [2.75, 3.05) is 18.5 Å². The molecule has 1 aromatic carbocycles. The third-order valence-corrected chi connectivity index (χ3v) is 4.69. The average molecular weight is 382 g/mol. The van der Waals surface area contributed by atoms with E-state index in [0.717, 1.165) is 36.3 Å². The molecule has 0 aliphatic carbocycles. The monoisotopic (exact) mass is 381 g/mol. The van der Waals surface area contributed by atoms with Crippen molar-refractivity contribution in [2.24, 2.45) is 0 Å². The Bertz CT molecular complexity index is 730. The summed E-state index contributed by atoms with van der Waals surface area (Å²) in [7, 11) is 0. The number of nitrogens with one attached hydrogen (secondary N) is 2. The van der Waals surface area contributed by atoms with Gasteiger partial charge in [-0.25, -0.2) is 9.78 Å². The minimum Gasteiger partial charge on any atom is -0.462 e. The summed E-state index contributed by atoms with van der Waals surface area (Å²) >= 11 is 1.14. The summed E-state index contributed by atoms with van der Waals surface area (Å²) < 4.78 is 5.11. The lowest BCUT2D eigenvalue weighted by atomic mass is 10.1. The van der Waals surface area contributed by atoms with Crippen molar-refractivity contribution in [3.63, 3.8) is 0 Å². The molecule has 1 aliphatic heterocycles. The maximum atomic E-state index is 12.2. The molecule has 0 spiro atoms. The van der Waals surface area contributed by atoms with E-state index < -0.39 is 5.97 Å². The number of halogens is 1. The molecule has 1 saturated heterocycles. The average Bonchev–Trinajstić information content (AvgIpc) is 3.26. The van der Waals surface area contributed by atoms with Crippen LogP contribution in [-0.2, 0) is 9.53 Å². The van der Waals surface area contributed by atoms with Crippen LogP contribution in [0.15, 0.2) is 30.3 Å². The Kier molecular flexibility index (Phi) is 6.92. The predicted octanol–water partition coefficient (Wildman–Crippen LogP) is 3.10. The van der Waals surface area contributed by atoms with Crippen molar-refractivity contribution < 1.29 is 14.3 Å². The van der Waals surface area contributed by atoms with E-state index in [9.17, 15) is 9.59 Å². The number of hydrogen-bond acceptors (Lipinski definition) is 6. The zero-order valence-electron chi connectivity index (χ0n) is 13.8. The number of nitrogens with zero attached hydrogens (tertiary/aromatic N) is 1. The highest BCUT2D eigenvalue weighted by atomic mass is 35.5. The number of amides is 1. The summed E-state index contributed by atoms with van der Waals surface area (Å²) in [5.41, 5.74) is 1.35. The van der Waals surface area contributed by atoms with Crippen molar-refractivity contribution >= 4 is 40.8 Å². The number of thiazole rings is 1. The lowest BCUT2D eigenvalue weighted by molar-refractivity contribution is -0.117. The van der Waals surface area contributed by atoms with Gasteiger partial charge in [0.15, 0.2) is 5.13 Å². The molecule has 2 aromatic rings. The topological polar surface area (TPSA) is 80.3 Å². The lowest BCUT2D eigenvalue weighted by Crippen LogP contribution is -2.35. The molecule has 3 rings (SSSR count). The molecule has 25 heavy (non-hydrogen) atoms. The number of anilines is 1. The minimum atomic E-state index is -0.423. The SMILES string of the molecule is CCOC(=O)c1sc(NC(=O)C2CCCN2)nc1-c1ccccc1.Cl. The largest absolute Gasteiger partial charge is 0.462 e. The van der Waals surface area contributed by atoms with Gasteiger partial charge >= 0.3 is 5.97 Å². The molecule has 134 valence electrons. The summed E-state index contributed by atoms with van der Waals surface area (Å²) in [5, 5.41) is 6.37. The first-order valence-electron chi connectivity index (χ1n) is 7.96. The van der Waals surface area contributed by atoms with E-state index in [2.05, 4.69) is 15.6 Å². The molecule has 1 unspecified atom stereocenters. The van der Waals surface area contributed by atoms with Gasteiger partial charge in [-0.1, -0.05) is 41.7 Å². The highest BCUT2D eigenvalue weighted by Gasteiger charge is 2.25. The number of carbonyl (C=O) groups is 2. The molecule has 1 aromatic heterocycles. The minimum absolute atomic E-state index is 0. The second-order valence-corrected chi connectivity index (χ2v) is 6.42. The van der Waals surface area contributed by atoms with Crippen LogP contribution in [0.25, 0.3) is 11.3 Å². The van der Waals surface area contributed by atoms with Crippen LogP contribution in [0.5, 0.6) is 0 Å². The first kappa shape index (κ1) is 19.4. The summed E-state index contributed by atoms with van der Waals surface area (Å²) in [6.45, 7) is 2.90. The fraction of sp³-hybridized carbons (Fsp3) is 0.353. The standard InChI is InChI=1S/C17H19N3O3S.ClH/c1-2-23-16(22)14-13(11-7-4-3-5-8-11)19-17(24-14)20-15(21)12-9-6-10-18-12;/h3-5,7-8,12,18H,2,6,9-10H2,1H3,(H,19,20,21);1H. The van der Waals surface area contributed by atoms with Crippen LogP contribution in [-0.4, -0.2) is 36.1 Å².